The van der Waals surface area contributed by atoms with Crippen LogP contribution in [0.15, 0.2) is 0 Å². The third-order valence-electron chi connectivity index (χ3n) is 1.18. The SMILES string of the molecule is N[C@H](CO)C(=O)O.O=C1CNC(=O)N1. The van der Waals surface area contributed by atoms with Crippen LogP contribution in [0.1, 0.15) is 0 Å². The minimum atomic E-state index is -1.18. The molecule has 0 aromatic rings. The van der Waals surface area contributed by atoms with E-state index in [0.29, 0.717) is 0 Å². The van der Waals surface area contributed by atoms with Gasteiger partial charge in [-0.25, -0.2) is 4.79 Å². The molecule has 0 unspecified atom stereocenters. The van der Waals surface area contributed by atoms with Crippen molar-refractivity contribution in [2.75, 3.05) is 13.2 Å². The summed E-state index contributed by atoms with van der Waals surface area (Å²) < 4.78 is 0. The summed E-state index contributed by atoms with van der Waals surface area (Å²) in [7, 11) is 0. The molecule has 8 heteroatoms. The largest absolute Gasteiger partial charge is 0.480 e. The summed E-state index contributed by atoms with van der Waals surface area (Å²) in [5.74, 6) is -1.44. The van der Waals surface area contributed by atoms with Gasteiger partial charge in [0.2, 0.25) is 5.91 Å². The number of aliphatic carboxylic acids is 1. The predicted octanol–water partition coefficient (Wildman–Crippen LogP) is -2.78. The molecule has 80 valence electrons. The van der Waals surface area contributed by atoms with Gasteiger partial charge in [-0.3, -0.25) is 14.9 Å². The number of carbonyl (C=O) groups excluding carboxylic acids is 2. The predicted molar refractivity (Wildman–Crippen MR) is 44.2 cm³/mol. The zero-order valence-electron chi connectivity index (χ0n) is 7.19. The topological polar surface area (TPSA) is 142 Å². The lowest BCUT2D eigenvalue weighted by Gasteiger charge is -1.96. The van der Waals surface area contributed by atoms with E-state index in [1.165, 1.54) is 0 Å². The van der Waals surface area contributed by atoms with Crippen molar-refractivity contribution in [2.24, 2.45) is 5.73 Å². The Morgan fingerprint density at radius 3 is 2.21 bits per heavy atom. The van der Waals surface area contributed by atoms with Crippen LogP contribution in [-0.4, -0.2) is 47.3 Å². The van der Waals surface area contributed by atoms with Crippen LogP contribution in [0.2, 0.25) is 0 Å². The summed E-state index contributed by atoms with van der Waals surface area (Å²) in [5.41, 5.74) is 4.77. The Morgan fingerprint density at radius 1 is 1.57 bits per heavy atom. The van der Waals surface area contributed by atoms with Crippen molar-refractivity contribution in [3.8, 4) is 0 Å². The monoisotopic (exact) mass is 205 g/mol. The summed E-state index contributed by atoms with van der Waals surface area (Å²) in [6, 6.07) is -1.52. The molecule has 1 saturated heterocycles. The number of urea groups is 1. The number of hydrogen-bond acceptors (Lipinski definition) is 5. The summed E-state index contributed by atoms with van der Waals surface area (Å²) in [6.45, 7) is -0.381. The molecule has 14 heavy (non-hydrogen) atoms. The summed E-state index contributed by atoms with van der Waals surface area (Å²) in [6.07, 6.45) is 0. The van der Waals surface area contributed by atoms with E-state index in [0.717, 1.165) is 0 Å². The number of amides is 3. The van der Waals surface area contributed by atoms with Gasteiger partial charge < -0.3 is 21.3 Å². The molecule has 0 saturated carbocycles. The minimum absolute atomic E-state index is 0.124. The molecule has 0 spiro atoms. The Hall–Kier alpha value is -1.67. The average Bonchev–Trinajstić information content (AvgIpc) is 2.49. The van der Waals surface area contributed by atoms with Gasteiger partial charge in [-0.05, 0) is 0 Å². The number of nitrogens with one attached hydrogen (secondary N) is 2. The molecule has 0 aromatic carbocycles. The van der Waals surface area contributed by atoms with E-state index < -0.39 is 24.6 Å². The van der Waals surface area contributed by atoms with E-state index in [2.05, 4.69) is 5.32 Å². The van der Waals surface area contributed by atoms with Crippen molar-refractivity contribution in [3.63, 3.8) is 0 Å². The molecule has 0 bridgehead atoms. The van der Waals surface area contributed by atoms with Gasteiger partial charge in [0.15, 0.2) is 0 Å². The fraction of sp³-hybridized carbons (Fsp3) is 0.500. The van der Waals surface area contributed by atoms with Crippen molar-refractivity contribution in [1.82, 2.24) is 10.6 Å². The van der Waals surface area contributed by atoms with E-state index in [-0.39, 0.29) is 12.5 Å². The third-order valence-corrected chi connectivity index (χ3v) is 1.18. The number of carbonyl (C=O) groups is 3. The van der Waals surface area contributed by atoms with Gasteiger partial charge in [0.1, 0.15) is 6.04 Å². The first-order chi connectivity index (χ1) is 6.47. The van der Waals surface area contributed by atoms with Crippen LogP contribution in [0, 0.1) is 0 Å². The molecule has 0 aromatic heterocycles. The summed E-state index contributed by atoms with van der Waals surface area (Å²) in [5, 5.41) is 20.2. The molecule has 0 aliphatic carbocycles. The molecule has 1 rings (SSSR count). The highest BCUT2D eigenvalue weighted by molar-refractivity contribution is 6.01. The van der Waals surface area contributed by atoms with Crippen molar-refractivity contribution in [2.45, 2.75) is 6.04 Å². The lowest BCUT2D eigenvalue weighted by molar-refractivity contribution is -0.139. The first kappa shape index (κ1) is 12.3. The highest BCUT2D eigenvalue weighted by Gasteiger charge is 2.14. The van der Waals surface area contributed by atoms with Crippen LogP contribution in [0.4, 0.5) is 4.79 Å². The fourth-order valence-corrected chi connectivity index (χ4v) is 0.454. The van der Waals surface area contributed by atoms with Crippen molar-refractivity contribution >= 4 is 17.9 Å². The van der Waals surface area contributed by atoms with Crippen molar-refractivity contribution < 1.29 is 24.6 Å². The molecule has 1 aliphatic heterocycles. The molecule has 1 heterocycles. The second kappa shape index (κ2) is 5.89. The second-order valence-electron chi connectivity index (χ2n) is 2.36. The Kier molecular flexibility index (Phi) is 5.19. The zero-order valence-corrected chi connectivity index (χ0v) is 7.19. The van der Waals surface area contributed by atoms with Gasteiger partial charge >= 0.3 is 12.0 Å². The minimum Gasteiger partial charge on any atom is -0.480 e. The van der Waals surface area contributed by atoms with E-state index in [1.54, 1.807) is 0 Å². The molecule has 1 atom stereocenters. The highest BCUT2D eigenvalue weighted by Crippen LogP contribution is 1.74. The number of hydrogen-bond donors (Lipinski definition) is 5. The Morgan fingerprint density at radius 2 is 2.14 bits per heavy atom. The lowest BCUT2D eigenvalue weighted by atomic mass is 10.3. The maximum atomic E-state index is 10.1. The number of imide groups is 1. The molecular weight excluding hydrogens is 194 g/mol. The molecule has 3 amide bonds. The average molecular weight is 205 g/mol. The van der Waals surface area contributed by atoms with Gasteiger partial charge in [0.25, 0.3) is 0 Å². The van der Waals surface area contributed by atoms with Gasteiger partial charge in [-0.15, -0.1) is 0 Å². The van der Waals surface area contributed by atoms with Crippen LogP contribution >= 0.6 is 0 Å². The van der Waals surface area contributed by atoms with Crippen molar-refractivity contribution in [3.05, 3.63) is 0 Å². The van der Waals surface area contributed by atoms with E-state index >= 15 is 0 Å². The number of nitrogens with two attached hydrogens (primary N) is 1. The first-order valence-electron chi connectivity index (χ1n) is 3.64. The zero-order chi connectivity index (χ0) is 11.1. The maximum absolute atomic E-state index is 10.1. The normalized spacial score (nSPS) is 16.1. The van der Waals surface area contributed by atoms with Gasteiger partial charge in [0.05, 0.1) is 13.2 Å². The van der Waals surface area contributed by atoms with Crippen LogP contribution in [0.5, 0.6) is 0 Å². The smallest absolute Gasteiger partial charge is 0.322 e. The fourth-order valence-electron chi connectivity index (χ4n) is 0.454. The summed E-state index contributed by atoms with van der Waals surface area (Å²) >= 11 is 0. The van der Waals surface area contributed by atoms with E-state index in [1.807, 2.05) is 5.32 Å². The van der Waals surface area contributed by atoms with Crippen LogP contribution in [0.3, 0.4) is 0 Å². The number of aliphatic hydroxyl groups is 1. The van der Waals surface area contributed by atoms with Crippen LogP contribution < -0.4 is 16.4 Å². The molecule has 6 N–H and O–H groups in total. The molecular formula is C6H11N3O5. The van der Waals surface area contributed by atoms with Crippen LogP contribution in [0.25, 0.3) is 0 Å². The molecule has 8 nitrogen and oxygen atoms in total. The lowest BCUT2D eigenvalue weighted by Crippen LogP contribution is -2.33. The number of carboxylic acid groups (broad SMARTS) is 1. The molecule has 1 fully saturated rings. The number of rotatable bonds is 2. The Labute approximate surface area is 79.1 Å². The van der Waals surface area contributed by atoms with Crippen LogP contribution in [-0.2, 0) is 9.59 Å². The van der Waals surface area contributed by atoms with E-state index in [4.69, 9.17) is 15.9 Å². The number of aliphatic hydroxyl groups excluding tert-OH is 1. The molecule has 0 radical (unpaired) electrons. The highest BCUT2D eigenvalue weighted by atomic mass is 16.4. The maximum Gasteiger partial charge on any atom is 0.322 e. The first-order valence-corrected chi connectivity index (χ1v) is 3.64. The molecule has 1 aliphatic rings. The second-order valence-corrected chi connectivity index (χ2v) is 2.36. The van der Waals surface area contributed by atoms with Gasteiger partial charge in [0, 0.05) is 0 Å². The third kappa shape index (κ3) is 5.06. The quantitative estimate of drug-likeness (QED) is 0.308. The van der Waals surface area contributed by atoms with Crippen molar-refractivity contribution in [1.29, 1.82) is 0 Å². The Balaban J connectivity index is 0.000000241. The Bertz CT molecular complexity index is 228. The van der Waals surface area contributed by atoms with E-state index in [9.17, 15) is 14.4 Å². The van der Waals surface area contributed by atoms with Gasteiger partial charge in [-0.1, -0.05) is 0 Å². The standard InChI is InChI=1S/C3H4N2O2.C3H7NO3/c6-2-1-4-3(7)5-2;4-2(1-5)3(6)7/h1H2,(H2,4,5,6,7);2,5H,1,4H2,(H,6,7)/t;2-/m.1/s1. The summed E-state index contributed by atoms with van der Waals surface area (Å²) in [4.78, 5) is 29.7. The van der Waals surface area contributed by atoms with Gasteiger partial charge in [-0.2, -0.15) is 0 Å². The number of carboxylic acids is 1.